The predicted molar refractivity (Wildman–Crippen MR) is 75.5 cm³/mol. The largest absolute Gasteiger partial charge is 0.481 e. The van der Waals surface area contributed by atoms with Crippen molar-refractivity contribution in [1.29, 1.82) is 0 Å². The van der Waals surface area contributed by atoms with Crippen LogP contribution in [0.2, 0.25) is 0 Å². The lowest BCUT2D eigenvalue weighted by Crippen LogP contribution is -2.48. The van der Waals surface area contributed by atoms with Crippen LogP contribution in [0.15, 0.2) is 0 Å². The fourth-order valence-electron chi connectivity index (χ4n) is 2.51. The third-order valence-corrected chi connectivity index (χ3v) is 4.07. The number of nitrogens with zero attached hydrogens (tertiary/aromatic N) is 1. The van der Waals surface area contributed by atoms with Crippen LogP contribution in [0.4, 0.5) is 0 Å². The maximum atomic E-state index is 11.8. The molecule has 0 spiro atoms. The van der Waals surface area contributed by atoms with Crippen molar-refractivity contribution in [2.45, 2.75) is 26.7 Å². The highest BCUT2D eigenvalue weighted by Crippen LogP contribution is 2.34. The molecule has 1 rings (SSSR count). The average molecular weight is 286 g/mol. The summed E-state index contributed by atoms with van der Waals surface area (Å²) in [6.07, 6.45) is 1.84. The summed E-state index contributed by atoms with van der Waals surface area (Å²) in [6, 6.07) is 0. The molecule has 20 heavy (non-hydrogen) atoms. The van der Waals surface area contributed by atoms with Gasteiger partial charge < -0.3 is 15.2 Å². The second-order valence-corrected chi connectivity index (χ2v) is 5.94. The minimum absolute atomic E-state index is 0.0316. The number of piperidine rings is 1. The summed E-state index contributed by atoms with van der Waals surface area (Å²) in [5.74, 6) is -0.717. The number of carbonyl (C=O) groups excluding carboxylic acids is 1. The normalized spacial score (nSPS) is 20.6. The summed E-state index contributed by atoms with van der Waals surface area (Å²) in [4.78, 5) is 25.1. The van der Waals surface area contributed by atoms with Gasteiger partial charge in [-0.15, -0.1) is 0 Å². The summed E-state index contributed by atoms with van der Waals surface area (Å²) >= 11 is 0. The van der Waals surface area contributed by atoms with E-state index in [1.807, 2.05) is 4.90 Å². The van der Waals surface area contributed by atoms with Crippen molar-refractivity contribution in [2.75, 3.05) is 39.9 Å². The maximum absolute atomic E-state index is 11.8. The summed E-state index contributed by atoms with van der Waals surface area (Å²) in [5.41, 5.74) is -0.745. The van der Waals surface area contributed by atoms with Crippen LogP contribution in [0.3, 0.4) is 0 Å². The topological polar surface area (TPSA) is 78.9 Å². The zero-order valence-corrected chi connectivity index (χ0v) is 12.6. The number of carboxylic acids is 1. The molecule has 0 radical (unpaired) electrons. The van der Waals surface area contributed by atoms with Crippen LogP contribution in [0, 0.1) is 11.3 Å². The van der Waals surface area contributed by atoms with Gasteiger partial charge in [-0.25, -0.2) is 0 Å². The number of amides is 1. The molecule has 1 amide bonds. The maximum Gasteiger partial charge on any atom is 0.309 e. The molecule has 1 fully saturated rings. The standard InChI is InChI=1S/C14H26N2O4/c1-14(2,13(18)19)11-5-4-7-16(9-11)10-12(17)15-6-8-20-3/h11H,4-10H2,1-3H3,(H,15,17)(H,18,19). The van der Waals surface area contributed by atoms with Crippen LogP contribution in [0.1, 0.15) is 26.7 Å². The van der Waals surface area contributed by atoms with E-state index in [9.17, 15) is 14.7 Å². The van der Waals surface area contributed by atoms with Gasteiger partial charge in [0.2, 0.25) is 5.91 Å². The molecular formula is C14H26N2O4. The number of rotatable bonds is 7. The van der Waals surface area contributed by atoms with Gasteiger partial charge in [-0.2, -0.15) is 0 Å². The number of hydrogen-bond donors (Lipinski definition) is 2. The summed E-state index contributed by atoms with van der Waals surface area (Å²) in [5, 5.41) is 12.1. The number of likely N-dealkylation sites (tertiary alicyclic amines) is 1. The van der Waals surface area contributed by atoms with Crippen molar-refractivity contribution in [3.63, 3.8) is 0 Å². The molecule has 6 nitrogen and oxygen atoms in total. The number of carbonyl (C=O) groups is 2. The Morgan fingerprint density at radius 2 is 2.15 bits per heavy atom. The van der Waals surface area contributed by atoms with E-state index < -0.39 is 11.4 Å². The monoisotopic (exact) mass is 286 g/mol. The minimum Gasteiger partial charge on any atom is -0.481 e. The first-order chi connectivity index (χ1) is 9.37. The van der Waals surface area contributed by atoms with Crippen LogP contribution in [-0.4, -0.2) is 61.8 Å². The molecule has 1 aliphatic heterocycles. The number of nitrogens with one attached hydrogen (secondary N) is 1. The Hall–Kier alpha value is -1.14. The highest BCUT2D eigenvalue weighted by molar-refractivity contribution is 5.78. The highest BCUT2D eigenvalue weighted by Gasteiger charge is 2.39. The van der Waals surface area contributed by atoms with Gasteiger partial charge in [0.15, 0.2) is 0 Å². The molecule has 0 aliphatic carbocycles. The number of ether oxygens (including phenoxy) is 1. The average Bonchev–Trinajstić information content (AvgIpc) is 2.39. The molecule has 6 heteroatoms. The molecule has 116 valence electrons. The van der Waals surface area contributed by atoms with Gasteiger partial charge in [-0.3, -0.25) is 14.5 Å². The Balaban J connectivity index is 2.45. The van der Waals surface area contributed by atoms with E-state index in [-0.39, 0.29) is 11.8 Å². The second-order valence-electron chi connectivity index (χ2n) is 5.94. The summed E-state index contributed by atoms with van der Waals surface area (Å²) in [6.45, 7) is 6.38. The van der Waals surface area contributed by atoms with Crippen molar-refractivity contribution >= 4 is 11.9 Å². The van der Waals surface area contributed by atoms with Gasteiger partial charge in [-0.1, -0.05) is 0 Å². The Labute approximate surface area is 120 Å². The van der Waals surface area contributed by atoms with E-state index in [2.05, 4.69) is 5.32 Å². The van der Waals surface area contributed by atoms with E-state index in [1.165, 1.54) is 0 Å². The third-order valence-electron chi connectivity index (χ3n) is 4.07. The van der Waals surface area contributed by atoms with Gasteiger partial charge in [-0.05, 0) is 39.2 Å². The van der Waals surface area contributed by atoms with Gasteiger partial charge in [0.25, 0.3) is 0 Å². The predicted octanol–water partition coefficient (Wildman–Crippen LogP) is 0.572. The van der Waals surface area contributed by atoms with Crippen molar-refractivity contribution in [3.8, 4) is 0 Å². The Morgan fingerprint density at radius 1 is 1.45 bits per heavy atom. The lowest BCUT2D eigenvalue weighted by atomic mass is 9.74. The Morgan fingerprint density at radius 3 is 2.75 bits per heavy atom. The minimum atomic E-state index is -0.770. The molecule has 0 aromatic carbocycles. The smallest absolute Gasteiger partial charge is 0.309 e. The molecule has 0 aromatic rings. The Kier molecular flexibility index (Phi) is 6.42. The van der Waals surface area contributed by atoms with E-state index in [4.69, 9.17) is 4.74 Å². The van der Waals surface area contributed by atoms with Crippen LogP contribution < -0.4 is 5.32 Å². The van der Waals surface area contributed by atoms with E-state index in [0.717, 1.165) is 19.4 Å². The van der Waals surface area contributed by atoms with Gasteiger partial charge in [0, 0.05) is 20.2 Å². The molecular weight excluding hydrogens is 260 g/mol. The first-order valence-electron chi connectivity index (χ1n) is 7.09. The van der Waals surface area contributed by atoms with Crippen molar-refractivity contribution in [2.24, 2.45) is 11.3 Å². The number of methoxy groups -OCH3 is 1. The first-order valence-corrected chi connectivity index (χ1v) is 7.09. The van der Waals surface area contributed by atoms with Gasteiger partial charge in [0.1, 0.15) is 0 Å². The molecule has 1 atom stereocenters. The lowest BCUT2D eigenvalue weighted by Gasteiger charge is -2.38. The van der Waals surface area contributed by atoms with Crippen LogP contribution in [-0.2, 0) is 14.3 Å². The van der Waals surface area contributed by atoms with Crippen molar-refractivity contribution in [1.82, 2.24) is 10.2 Å². The molecule has 0 saturated carbocycles. The van der Waals surface area contributed by atoms with Crippen LogP contribution >= 0.6 is 0 Å². The van der Waals surface area contributed by atoms with Crippen molar-refractivity contribution in [3.05, 3.63) is 0 Å². The van der Waals surface area contributed by atoms with Crippen LogP contribution in [0.25, 0.3) is 0 Å². The molecule has 2 N–H and O–H groups in total. The van der Waals surface area contributed by atoms with Crippen molar-refractivity contribution < 1.29 is 19.4 Å². The fraction of sp³-hybridized carbons (Fsp3) is 0.857. The SMILES string of the molecule is COCCNC(=O)CN1CCCC(C(C)(C)C(=O)O)C1. The highest BCUT2D eigenvalue weighted by atomic mass is 16.5. The molecule has 1 aliphatic rings. The van der Waals surface area contributed by atoms with E-state index >= 15 is 0 Å². The second kappa shape index (κ2) is 7.59. The molecule has 1 saturated heterocycles. The quantitative estimate of drug-likeness (QED) is 0.669. The third kappa shape index (κ3) is 4.76. The zero-order chi connectivity index (χ0) is 15.2. The number of carboxylic acid groups (broad SMARTS) is 1. The molecule has 1 heterocycles. The molecule has 1 unspecified atom stereocenters. The molecule has 0 aromatic heterocycles. The van der Waals surface area contributed by atoms with E-state index in [0.29, 0.717) is 26.2 Å². The van der Waals surface area contributed by atoms with E-state index in [1.54, 1.807) is 21.0 Å². The van der Waals surface area contributed by atoms with Crippen LogP contribution in [0.5, 0.6) is 0 Å². The molecule has 0 bridgehead atoms. The zero-order valence-electron chi connectivity index (χ0n) is 12.6. The van der Waals surface area contributed by atoms with Gasteiger partial charge >= 0.3 is 5.97 Å². The lowest BCUT2D eigenvalue weighted by molar-refractivity contribution is -0.151. The first kappa shape index (κ1) is 16.9. The number of aliphatic carboxylic acids is 1. The summed E-state index contributed by atoms with van der Waals surface area (Å²) < 4.78 is 4.88. The summed E-state index contributed by atoms with van der Waals surface area (Å²) in [7, 11) is 1.59. The van der Waals surface area contributed by atoms with Gasteiger partial charge in [0.05, 0.1) is 18.6 Å². The Bertz CT molecular complexity index is 344. The fourth-order valence-corrected chi connectivity index (χ4v) is 2.51. The number of hydrogen-bond acceptors (Lipinski definition) is 4.